The molecule has 0 saturated heterocycles. The summed E-state index contributed by atoms with van der Waals surface area (Å²) in [6.45, 7) is 1.75. The number of aryl methyl sites for hydroxylation is 1. The van der Waals surface area contributed by atoms with Crippen molar-refractivity contribution in [3.05, 3.63) is 34.2 Å². The third kappa shape index (κ3) is 1.52. The zero-order valence-electron chi connectivity index (χ0n) is 9.16. The summed E-state index contributed by atoms with van der Waals surface area (Å²) < 4.78 is 2.91. The lowest BCUT2D eigenvalue weighted by atomic mass is 10.4. The topological polar surface area (TPSA) is 72.4 Å². The molecule has 0 amide bonds. The number of rotatable bonds is 2. The summed E-state index contributed by atoms with van der Waals surface area (Å²) in [4.78, 5) is 16.2. The first-order valence-electron chi connectivity index (χ1n) is 4.99. The Morgan fingerprint density at radius 2 is 2.33 bits per heavy atom. The first kappa shape index (κ1) is 11.2. The summed E-state index contributed by atoms with van der Waals surface area (Å²) >= 11 is 7.28. The molecule has 0 unspecified atom stereocenters. The second-order valence-electron chi connectivity index (χ2n) is 3.65. The van der Waals surface area contributed by atoms with Crippen molar-refractivity contribution in [1.82, 2.24) is 19.2 Å². The number of carboxylic acid groups (broad SMARTS) is 1. The molecule has 0 aliphatic carbocycles. The fourth-order valence-electron chi connectivity index (χ4n) is 1.68. The molecule has 0 atom stereocenters. The smallest absolute Gasteiger partial charge is 0.356 e. The number of nitrogens with zero attached hydrogens (tertiary/aromatic N) is 4. The monoisotopic (exact) mass is 282 g/mol. The van der Waals surface area contributed by atoms with E-state index in [0.29, 0.717) is 15.7 Å². The molecule has 0 aliphatic rings. The van der Waals surface area contributed by atoms with E-state index in [4.69, 9.17) is 11.6 Å². The Balaban J connectivity index is 2.31. The van der Waals surface area contributed by atoms with Crippen LogP contribution in [0.15, 0.2) is 17.8 Å². The van der Waals surface area contributed by atoms with Crippen molar-refractivity contribution in [3.8, 4) is 5.82 Å². The van der Waals surface area contributed by atoms with E-state index in [1.165, 1.54) is 20.4 Å². The van der Waals surface area contributed by atoms with Gasteiger partial charge in [-0.2, -0.15) is 10.1 Å². The highest BCUT2D eigenvalue weighted by atomic mass is 35.5. The van der Waals surface area contributed by atoms with E-state index in [1.807, 2.05) is 0 Å². The Morgan fingerprint density at radius 1 is 1.56 bits per heavy atom. The molecule has 3 aromatic rings. The Labute approximate surface area is 110 Å². The van der Waals surface area contributed by atoms with Gasteiger partial charge in [-0.15, -0.1) is 11.3 Å². The van der Waals surface area contributed by atoms with Gasteiger partial charge in [-0.1, -0.05) is 11.6 Å². The molecule has 0 aliphatic heterocycles. The standard InChI is InChI=1S/C10H7ClN4O2S/c1-5-6(11)4-15(13-5)8-7(9(16)17)14-2-3-18-10(14)12-8/h2-4H,1H3,(H,16,17). The van der Waals surface area contributed by atoms with Gasteiger partial charge in [0.25, 0.3) is 0 Å². The number of aromatic carboxylic acids is 1. The van der Waals surface area contributed by atoms with Gasteiger partial charge in [-0.3, -0.25) is 4.40 Å². The number of hydrogen-bond acceptors (Lipinski definition) is 4. The molecule has 0 saturated carbocycles. The van der Waals surface area contributed by atoms with Crippen molar-refractivity contribution in [2.45, 2.75) is 6.92 Å². The molecule has 3 heterocycles. The van der Waals surface area contributed by atoms with Crippen molar-refractivity contribution in [2.24, 2.45) is 0 Å². The van der Waals surface area contributed by atoms with E-state index in [1.54, 1.807) is 24.7 Å². The molecule has 18 heavy (non-hydrogen) atoms. The van der Waals surface area contributed by atoms with Crippen LogP contribution in [0.4, 0.5) is 0 Å². The maximum atomic E-state index is 11.3. The van der Waals surface area contributed by atoms with Crippen LogP contribution in [0.1, 0.15) is 16.2 Å². The van der Waals surface area contributed by atoms with E-state index in [-0.39, 0.29) is 11.5 Å². The number of aromatic nitrogens is 4. The van der Waals surface area contributed by atoms with E-state index in [9.17, 15) is 9.90 Å². The van der Waals surface area contributed by atoms with Crippen LogP contribution in [0.25, 0.3) is 10.8 Å². The van der Waals surface area contributed by atoms with Gasteiger partial charge in [-0.05, 0) is 6.92 Å². The summed E-state index contributed by atoms with van der Waals surface area (Å²) in [6, 6.07) is 0. The lowest BCUT2D eigenvalue weighted by Crippen LogP contribution is -2.07. The first-order valence-corrected chi connectivity index (χ1v) is 6.24. The number of hydrogen-bond donors (Lipinski definition) is 1. The third-order valence-electron chi connectivity index (χ3n) is 2.50. The first-order chi connectivity index (χ1) is 8.58. The van der Waals surface area contributed by atoms with E-state index in [0.717, 1.165) is 0 Å². The minimum absolute atomic E-state index is 0.0745. The van der Waals surface area contributed by atoms with Crippen LogP contribution in [0.2, 0.25) is 5.02 Å². The predicted octanol–water partition coefficient (Wildman–Crippen LogP) is 2.24. The number of imidazole rings is 1. The van der Waals surface area contributed by atoms with Gasteiger partial charge in [-0.25, -0.2) is 9.48 Å². The molecule has 0 fully saturated rings. The summed E-state index contributed by atoms with van der Waals surface area (Å²) in [5, 5.41) is 15.7. The summed E-state index contributed by atoms with van der Waals surface area (Å²) in [6.07, 6.45) is 3.22. The fourth-order valence-corrected chi connectivity index (χ4v) is 2.52. The van der Waals surface area contributed by atoms with Gasteiger partial charge in [0.2, 0.25) is 0 Å². The Bertz CT molecular complexity index is 738. The minimum Gasteiger partial charge on any atom is -0.476 e. The SMILES string of the molecule is Cc1nn(-c2nc3sccn3c2C(=O)O)cc1Cl. The number of thiazole rings is 1. The fraction of sp³-hybridized carbons (Fsp3) is 0.100. The average molecular weight is 283 g/mol. The van der Waals surface area contributed by atoms with Crippen molar-refractivity contribution in [3.63, 3.8) is 0 Å². The van der Waals surface area contributed by atoms with Crippen LogP contribution in [-0.4, -0.2) is 30.2 Å². The molecule has 3 rings (SSSR count). The van der Waals surface area contributed by atoms with Crippen LogP contribution in [0.5, 0.6) is 0 Å². The molecule has 0 aromatic carbocycles. The van der Waals surface area contributed by atoms with Crippen LogP contribution in [0, 0.1) is 6.92 Å². The number of halogens is 1. The maximum Gasteiger partial charge on any atom is 0.356 e. The Hall–Kier alpha value is -1.86. The Morgan fingerprint density at radius 3 is 2.94 bits per heavy atom. The molecule has 92 valence electrons. The molecule has 0 bridgehead atoms. The summed E-state index contributed by atoms with van der Waals surface area (Å²) in [5.41, 5.74) is 0.703. The molecule has 0 spiro atoms. The number of carbonyl (C=O) groups is 1. The Kier molecular flexibility index (Phi) is 2.39. The minimum atomic E-state index is -1.06. The van der Waals surface area contributed by atoms with Crippen molar-refractivity contribution < 1.29 is 9.90 Å². The van der Waals surface area contributed by atoms with Crippen LogP contribution >= 0.6 is 22.9 Å². The zero-order valence-corrected chi connectivity index (χ0v) is 10.7. The molecular weight excluding hydrogens is 276 g/mol. The van der Waals surface area contributed by atoms with Gasteiger partial charge in [0.1, 0.15) is 0 Å². The number of fused-ring (bicyclic) bond motifs is 1. The highest BCUT2D eigenvalue weighted by molar-refractivity contribution is 7.15. The normalized spacial score (nSPS) is 11.2. The average Bonchev–Trinajstić information content (AvgIpc) is 2.92. The third-order valence-corrected chi connectivity index (χ3v) is 3.63. The van der Waals surface area contributed by atoms with Crippen molar-refractivity contribution in [2.75, 3.05) is 0 Å². The number of carboxylic acids is 1. The van der Waals surface area contributed by atoms with Crippen LogP contribution < -0.4 is 0 Å². The molecule has 0 radical (unpaired) electrons. The molecular formula is C10H7ClN4O2S. The van der Waals surface area contributed by atoms with Gasteiger partial charge in [0.15, 0.2) is 16.5 Å². The molecule has 3 aromatic heterocycles. The highest BCUT2D eigenvalue weighted by Crippen LogP contribution is 2.22. The predicted molar refractivity (Wildman–Crippen MR) is 66.9 cm³/mol. The van der Waals surface area contributed by atoms with Crippen molar-refractivity contribution in [1.29, 1.82) is 0 Å². The quantitative estimate of drug-likeness (QED) is 0.782. The zero-order chi connectivity index (χ0) is 12.9. The van der Waals surface area contributed by atoms with Gasteiger partial charge < -0.3 is 5.11 Å². The van der Waals surface area contributed by atoms with Crippen LogP contribution in [-0.2, 0) is 0 Å². The van der Waals surface area contributed by atoms with E-state index in [2.05, 4.69) is 10.1 Å². The largest absolute Gasteiger partial charge is 0.476 e. The lowest BCUT2D eigenvalue weighted by molar-refractivity contribution is 0.0689. The second kappa shape index (κ2) is 3.82. The second-order valence-corrected chi connectivity index (χ2v) is 4.93. The van der Waals surface area contributed by atoms with E-state index >= 15 is 0 Å². The molecule has 1 N–H and O–H groups in total. The van der Waals surface area contributed by atoms with E-state index < -0.39 is 5.97 Å². The van der Waals surface area contributed by atoms with Gasteiger partial charge >= 0.3 is 5.97 Å². The van der Waals surface area contributed by atoms with Gasteiger partial charge in [0, 0.05) is 11.6 Å². The summed E-state index contributed by atoms with van der Waals surface area (Å²) in [7, 11) is 0. The molecule has 6 nitrogen and oxygen atoms in total. The van der Waals surface area contributed by atoms with Crippen LogP contribution in [0.3, 0.4) is 0 Å². The van der Waals surface area contributed by atoms with Crippen molar-refractivity contribution >= 4 is 33.9 Å². The molecule has 8 heteroatoms. The van der Waals surface area contributed by atoms with Gasteiger partial charge in [0.05, 0.1) is 16.9 Å². The summed E-state index contributed by atoms with van der Waals surface area (Å²) in [5.74, 6) is -0.787. The highest BCUT2D eigenvalue weighted by Gasteiger charge is 2.21. The maximum absolute atomic E-state index is 11.3. The lowest BCUT2D eigenvalue weighted by Gasteiger charge is -1.98.